The number of urea groups is 1. The maximum absolute atomic E-state index is 13.7. The van der Waals surface area contributed by atoms with Gasteiger partial charge in [-0.2, -0.15) is 13.2 Å². The van der Waals surface area contributed by atoms with E-state index in [-0.39, 0.29) is 11.6 Å². The first-order chi connectivity index (χ1) is 12.2. The van der Waals surface area contributed by atoms with Crippen molar-refractivity contribution in [1.82, 2.24) is 20.2 Å². The second-order valence-corrected chi connectivity index (χ2v) is 5.84. The lowest BCUT2D eigenvalue weighted by atomic mass is 10.1. The number of amides is 3. The molecule has 11 heteroatoms. The Morgan fingerprint density at radius 2 is 1.77 bits per heavy atom. The molecular formula is C15H11ClF3N5O2. The first kappa shape index (κ1) is 17.9. The largest absolute Gasteiger partial charge is 0.440 e. The molecule has 1 saturated heterocycles. The predicted molar refractivity (Wildman–Crippen MR) is 85.0 cm³/mol. The SMILES string of the molecule is O=C1N[C@@](Nc2ncc(Cl)cn2)(C(F)(F)F)C(=O)N1Cc1ccccc1. The average molecular weight is 386 g/mol. The third-order valence-corrected chi connectivity index (χ3v) is 3.83. The number of alkyl halides is 3. The van der Waals surface area contributed by atoms with Crippen molar-refractivity contribution in [2.24, 2.45) is 0 Å². The molecule has 2 heterocycles. The number of halogens is 4. The van der Waals surface area contributed by atoms with Crippen LogP contribution in [-0.4, -0.2) is 38.6 Å². The Labute approximate surface area is 150 Å². The van der Waals surface area contributed by atoms with Crippen LogP contribution in [0, 0.1) is 0 Å². The second kappa shape index (κ2) is 6.45. The summed E-state index contributed by atoms with van der Waals surface area (Å²) in [6.45, 7) is -0.313. The molecule has 136 valence electrons. The van der Waals surface area contributed by atoms with E-state index in [4.69, 9.17) is 11.6 Å². The van der Waals surface area contributed by atoms with Crippen molar-refractivity contribution in [3.8, 4) is 0 Å². The van der Waals surface area contributed by atoms with Gasteiger partial charge >= 0.3 is 12.2 Å². The molecule has 0 radical (unpaired) electrons. The number of benzene rings is 1. The highest BCUT2D eigenvalue weighted by Crippen LogP contribution is 2.36. The van der Waals surface area contributed by atoms with Crippen LogP contribution in [0.5, 0.6) is 0 Å². The highest BCUT2D eigenvalue weighted by atomic mass is 35.5. The molecule has 1 fully saturated rings. The molecule has 2 N–H and O–H groups in total. The molecule has 1 aliphatic heterocycles. The Bertz CT molecular complexity index is 831. The summed E-state index contributed by atoms with van der Waals surface area (Å²) in [5.74, 6) is -2.01. The van der Waals surface area contributed by atoms with Gasteiger partial charge in [0.05, 0.1) is 24.0 Å². The van der Waals surface area contributed by atoms with Crippen LogP contribution in [0.4, 0.5) is 23.9 Å². The number of rotatable bonds is 4. The number of anilines is 1. The van der Waals surface area contributed by atoms with Crippen molar-refractivity contribution in [1.29, 1.82) is 0 Å². The number of hydrogen-bond donors (Lipinski definition) is 2. The number of carbonyl (C=O) groups excluding carboxylic acids is 2. The average Bonchev–Trinajstić information content (AvgIpc) is 2.83. The molecule has 26 heavy (non-hydrogen) atoms. The number of nitrogens with zero attached hydrogens (tertiary/aromatic N) is 3. The molecule has 0 unspecified atom stereocenters. The van der Waals surface area contributed by atoms with E-state index in [9.17, 15) is 22.8 Å². The zero-order valence-electron chi connectivity index (χ0n) is 12.9. The summed E-state index contributed by atoms with van der Waals surface area (Å²) in [6.07, 6.45) is -3.03. The maximum Gasteiger partial charge on any atom is 0.440 e. The van der Waals surface area contributed by atoms with Gasteiger partial charge in [-0.05, 0) is 5.56 Å². The van der Waals surface area contributed by atoms with Gasteiger partial charge in [-0.15, -0.1) is 0 Å². The van der Waals surface area contributed by atoms with Crippen LogP contribution in [0.15, 0.2) is 42.7 Å². The summed E-state index contributed by atoms with van der Waals surface area (Å²) in [5, 5.41) is 3.67. The van der Waals surface area contributed by atoms with Crippen molar-refractivity contribution in [3.05, 3.63) is 53.3 Å². The zero-order chi connectivity index (χ0) is 18.9. The molecule has 0 spiro atoms. The smallest absolute Gasteiger partial charge is 0.316 e. The minimum absolute atomic E-state index is 0.101. The molecule has 0 aliphatic carbocycles. The number of aromatic nitrogens is 2. The van der Waals surface area contributed by atoms with Crippen LogP contribution < -0.4 is 10.6 Å². The molecule has 1 aromatic carbocycles. The van der Waals surface area contributed by atoms with Gasteiger partial charge < -0.3 is 5.32 Å². The summed E-state index contributed by atoms with van der Waals surface area (Å²) in [5.41, 5.74) is -2.87. The van der Waals surface area contributed by atoms with E-state index >= 15 is 0 Å². The van der Waals surface area contributed by atoms with E-state index in [1.54, 1.807) is 35.6 Å². The van der Waals surface area contributed by atoms with Gasteiger partial charge in [0.25, 0.3) is 11.6 Å². The topological polar surface area (TPSA) is 87.2 Å². The van der Waals surface area contributed by atoms with Crippen LogP contribution in [0.2, 0.25) is 5.02 Å². The van der Waals surface area contributed by atoms with Gasteiger partial charge in [-0.1, -0.05) is 41.9 Å². The van der Waals surface area contributed by atoms with Gasteiger partial charge in [0, 0.05) is 0 Å². The van der Waals surface area contributed by atoms with Crippen LogP contribution in [0.1, 0.15) is 5.56 Å². The summed E-state index contributed by atoms with van der Waals surface area (Å²) in [6, 6.07) is 6.98. The minimum Gasteiger partial charge on any atom is -0.316 e. The van der Waals surface area contributed by atoms with Gasteiger partial charge in [0.2, 0.25) is 5.95 Å². The fourth-order valence-corrected chi connectivity index (χ4v) is 2.48. The highest BCUT2D eigenvalue weighted by Gasteiger charge is 2.68. The Hall–Kier alpha value is -2.88. The van der Waals surface area contributed by atoms with E-state index in [0.29, 0.717) is 10.5 Å². The molecule has 3 rings (SSSR count). The summed E-state index contributed by atoms with van der Waals surface area (Å²) in [7, 11) is 0. The number of carbonyl (C=O) groups is 2. The second-order valence-electron chi connectivity index (χ2n) is 5.40. The van der Waals surface area contributed by atoms with Gasteiger partial charge in [-0.25, -0.2) is 14.8 Å². The summed E-state index contributed by atoms with van der Waals surface area (Å²) in [4.78, 5) is 32.3. The minimum atomic E-state index is -5.14. The van der Waals surface area contributed by atoms with Crippen LogP contribution in [-0.2, 0) is 11.3 Å². The molecular weight excluding hydrogens is 375 g/mol. The first-order valence-electron chi connectivity index (χ1n) is 7.23. The van der Waals surface area contributed by atoms with Gasteiger partial charge in [0.15, 0.2) is 0 Å². The number of imide groups is 1. The molecule has 7 nitrogen and oxygen atoms in total. The normalized spacial score (nSPS) is 20.2. The summed E-state index contributed by atoms with van der Waals surface area (Å²) < 4.78 is 41.1. The molecule has 1 atom stereocenters. The third kappa shape index (κ3) is 3.15. The van der Waals surface area contributed by atoms with E-state index in [1.807, 2.05) is 5.32 Å². The van der Waals surface area contributed by atoms with Crippen LogP contribution >= 0.6 is 11.6 Å². The van der Waals surface area contributed by atoms with E-state index < -0.39 is 29.7 Å². The van der Waals surface area contributed by atoms with E-state index in [0.717, 1.165) is 12.4 Å². The molecule has 1 aliphatic rings. The van der Waals surface area contributed by atoms with Gasteiger partial charge in [-0.3, -0.25) is 15.0 Å². The Kier molecular flexibility index (Phi) is 4.45. The van der Waals surface area contributed by atoms with E-state index in [1.165, 1.54) is 0 Å². The lowest BCUT2D eigenvalue weighted by Gasteiger charge is -2.29. The zero-order valence-corrected chi connectivity index (χ0v) is 13.7. The lowest BCUT2D eigenvalue weighted by molar-refractivity contribution is -0.188. The van der Waals surface area contributed by atoms with Crippen LogP contribution in [0.25, 0.3) is 0 Å². The highest BCUT2D eigenvalue weighted by molar-refractivity contribution is 6.30. The maximum atomic E-state index is 13.7. The van der Waals surface area contributed by atoms with Crippen molar-refractivity contribution in [2.45, 2.75) is 18.4 Å². The fraction of sp³-hybridized carbons (Fsp3) is 0.200. The fourth-order valence-electron chi connectivity index (χ4n) is 2.38. The van der Waals surface area contributed by atoms with Crippen molar-refractivity contribution < 1.29 is 22.8 Å². The molecule has 3 amide bonds. The monoisotopic (exact) mass is 385 g/mol. The lowest BCUT2D eigenvalue weighted by Crippen LogP contribution is -2.64. The Morgan fingerprint density at radius 1 is 1.15 bits per heavy atom. The Morgan fingerprint density at radius 3 is 2.35 bits per heavy atom. The standard InChI is InChI=1S/C15H11ClF3N5O2/c16-10-6-20-12(21-7-10)22-14(15(17,18)19)11(25)24(13(26)23-14)8-9-4-2-1-3-5-9/h1-7H,8H2,(H,23,26)(H,20,21,22)/t14-/m1/s1. The molecule has 1 aromatic heterocycles. The molecule has 0 bridgehead atoms. The van der Waals surface area contributed by atoms with E-state index in [2.05, 4.69) is 9.97 Å². The van der Waals surface area contributed by atoms with Crippen LogP contribution in [0.3, 0.4) is 0 Å². The number of nitrogens with one attached hydrogen (secondary N) is 2. The van der Waals surface area contributed by atoms with Crippen molar-refractivity contribution in [2.75, 3.05) is 5.32 Å². The summed E-state index contributed by atoms with van der Waals surface area (Å²) >= 11 is 5.60. The Balaban J connectivity index is 1.94. The third-order valence-electron chi connectivity index (χ3n) is 3.63. The molecule has 2 aromatic rings. The predicted octanol–water partition coefficient (Wildman–Crippen LogP) is 2.55. The number of hydrogen-bond acceptors (Lipinski definition) is 5. The first-order valence-corrected chi connectivity index (χ1v) is 7.61. The quantitative estimate of drug-likeness (QED) is 0.790. The van der Waals surface area contributed by atoms with Crippen molar-refractivity contribution in [3.63, 3.8) is 0 Å². The molecule has 0 saturated carbocycles. The van der Waals surface area contributed by atoms with Gasteiger partial charge in [0.1, 0.15) is 0 Å². The van der Waals surface area contributed by atoms with Crippen molar-refractivity contribution >= 4 is 29.5 Å².